The van der Waals surface area contributed by atoms with E-state index in [0.29, 0.717) is 41.3 Å². The van der Waals surface area contributed by atoms with Crippen LogP contribution in [0.1, 0.15) is 140 Å². The van der Waals surface area contributed by atoms with Gasteiger partial charge in [0.2, 0.25) is 88.5 Å². The fourth-order valence-corrected chi connectivity index (χ4v) is 13.0. The maximum atomic E-state index is 12.2. The predicted molar refractivity (Wildman–Crippen MR) is 534 cm³/mol. The van der Waals surface area contributed by atoms with Crippen molar-refractivity contribution in [2.75, 3.05) is 59.0 Å². The van der Waals surface area contributed by atoms with Crippen LogP contribution in [-0.4, -0.2) is 386 Å². The lowest BCUT2D eigenvalue weighted by Crippen LogP contribution is -2.34. The molecule has 0 aliphatic heterocycles. The number of nitrogens with two attached hydrogens (primary N) is 6. The molecule has 3 aromatic carbocycles. The highest BCUT2D eigenvalue weighted by Crippen LogP contribution is 2.24. The first-order chi connectivity index (χ1) is 65.6. The summed E-state index contributed by atoms with van der Waals surface area (Å²) >= 11 is 0. The number of benzene rings is 3. The molecule has 0 unspecified atom stereocenters. The minimum atomic E-state index is -1.84. The highest BCUT2D eigenvalue weighted by molar-refractivity contribution is 5.97. The minimum Gasteiger partial charge on any atom is -0.497 e. The number of guanidine groups is 2. The lowest BCUT2D eigenvalue weighted by molar-refractivity contribution is -0.138. The van der Waals surface area contributed by atoms with E-state index in [2.05, 4.69) is 95.5 Å². The number of rotatable bonds is 66. The Labute approximate surface area is 795 Å². The molecule has 40 N–H and O–H groups in total. The quantitative estimate of drug-likeness (QED) is 0.0152. The number of hydrogen-bond acceptors (Lipinski definition) is 27. The Kier molecular flexibility index (Phi) is 52.1. The van der Waals surface area contributed by atoms with Crippen molar-refractivity contribution in [2.24, 2.45) is 114 Å². The minimum absolute atomic E-state index is 0.0000956. The predicted octanol–water partition coefficient (Wildman–Crippen LogP) is 5.27. The molecule has 0 radical (unpaired) electrons. The average molecular weight is 1940 g/mol. The van der Waals surface area contributed by atoms with Gasteiger partial charge in [-0.25, -0.2) is 84.7 Å². The van der Waals surface area contributed by atoms with Crippen molar-refractivity contribution in [1.82, 2.24) is 15.6 Å². The first-order valence-electron chi connectivity index (χ1n) is 44.4. The Balaban J connectivity index is 1.75. The number of carbonyl (C=O) groups is 1. The van der Waals surface area contributed by atoms with Crippen molar-refractivity contribution in [3.05, 3.63) is 108 Å². The zero-order chi connectivity index (χ0) is 103. The average Bonchev–Trinajstić information content (AvgIpc) is 1.66. The molecule has 51 heteroatoms. The Morgan fingerprint density at radius 2 is 0.754 bits per heavy atom. The SMILES string of the molecule is C[C@H](N=C(O)CN=C(O)[C@@H](N=C(O)[C@H](Cc1ccccc1)N=C(O)CN=C(O)CN=C(O)[C@@H](N)Cc1ccccc1)[C@@H](C)O)C(O)=N[C@@H](CCCNC(=N)N)C(O)=N[C@@H](CCCCN)C(O)=N[C@@H](CO)C(O)=N[C@@H](C)C(O)=N[C@@H](CCCNC(=N)N)C(O)=N[C@@H](CCCCN)C(O)=N[C@@H](Cc1c[nH]c2ccccc12)C(O)=N[C@@H](CCCCN)C(O)=N[C@@H](CC(=N)O)C(O)=N[C@@H](CCC(=N)O)C(=O)O. The van der Waals surface area contributed by atoms with Crippen molar-refractivity contribution in [3.8, 4) is 0 Å². The van der Waals surface area contributed by atoms with E-state index >= 15 is 0 Å². The zero-order valence-electron chi connectivity index (χ0n) is 77.0. The number of aliphatic carboxylic acids is 1. The van der Waals surface area contributed by atoms with Gasteiger partial charge in [0.25, 0.3) is 0 Å². The third-order valence-corrected chi connectivity index (χ3v) is 20.4. The molecule has 0 bridgehead atoms. The smallest absolute Gasteiger partial charge is 0.328 e. The number of nitrogens with one attached hydrogen (secondary N) is 7. The third kappa shape index (κ3) is 43.8. The van der Waals surface area contributed by atoms with Crippen LogP contribution in [-0.2, 0) is 24.1 Å². The van der Waals surface area contributed by atoms with Crippen LogP contribution in [0, 0.1) is 21.6 Å². The van der Waals surface area contributed by atoms with Crippen molar-refractivity contribution in [2.45, 2.75) is 233 Å². The number of fused-ring (bicyclic) bond motifs is 1. The summed E-state index contributed by atoms with van der Waals surface area (Å²) in [5.41, 5.74) is 37.3. The van der Waals surface area contributed by atoms with Gasteiger partial charge in [-0.05, 0) is 159 Å². The Hall–Kier alpha value is -14.6. The normalized spacial score (nSPS) is 17.3. The van der Waals surface area contributed by atoms with Gasteiger partial charge < -0.3 is 157 Å². The molecule has 1 aromatic heterocycles. The molecule has 15 atom stereocenters. The molecule has 0 aliphatic rings. The van der Waals surface area contributed by atoms with Crippen LogP contribution in [0.15, 0.2) is 171 Å². The molecule has 4 aromatic rings. The zero-order valence-corrected chi connectivity index (χ0v) is 77.0. The monoisotopic (exact) mass is 1940 g/mol. The van der Waals surface area contributed by atoms with E-state index in [4.69, 9.17) is 56.0 Å². The van der Waals surface area contributed by atoms with Gasteiger partial charge in [0.1, 0.15) is 80.1 Å². The number of carboxylic acid groups (broad SMARTS) is 1. The number of aromatic nitrogens is 1. The van der Waals surface area contributed by atoms with Crippen LogP contribution < -0.4 is 45.0 Å². The van der Waals surface area contributed by atoms with Crippen molar-refractivity contribution >= 4 is 135 Å². The molecule has 0 amide bonds. The summed E-state index contributed by atoms with van der Waals surface area (Å²) in [7, 11) is 0. The van der Waals surface area contributed by atoms with E-state index in [9.17, 15) is 112 Å². The summed E-state index contributed by atoms with van der Waals surface area (Å²) in [4.78, 5) is 81.2. The number of aromatic amines is 1. The lowest BCUT2D eigenvalue weighted by Gasteiger charge is -2.19. The number of aliphatic hydroxyl groups is 20. The number of H-pyrrole nitrogens is 1. The Bertz CT molecular complexity index is 5040. The number of hydrogen-bond donors (Lipinski definition) is 34. The van der Waals surface area contributed by atoms with Gasteiger partial charge in [0.05, 0.1) is 25.2 Å². The number of aliphatic hydroxyl groups excluding tert-OH is 20. The molecule has 1 heterocycles. The van der Waals surface area contributed by atoms with Crippen LogP contribution in [0.4, 0.5) is 0 Å². The summed E-state index contributed by atoms with van der Waals surface area (Å²) < 4.78 is 0. The van der Waals surface area contributed by atoms with Gasteiger partial charge in [-0.2, -0.15) is 0 Å². The number of carboxylic acids is 1. The van der Waals surface area contributed by atoms with Gasteiger partial charge in [0, 0.05) is 49.5 Å². The maximum absolute atomic E-state index is 12.2. The molecule has 0 spiro atoms. The van der Waals surface area contributed by atoms with Gasteiger partial charge in [-0.1, -0.05) is 78.9 Å². The standard InChI is InChI=1S/C87H135N29O22/c1-47(104-69(122)45-103-84(136)71(49(3)118)116-82(134)62(39-51-22-8-5-9-23-51)106-70(123)44-101-68(121)43-102-74(126)54(91)38-50-20-6-4-7-21-50)72(124)107-59(29-18-36-98-86(94)95)75(127)110-58(28-14-17-35-90)79(131)115-65(46-117)83(135)105-48(2)73(125)108-60(30-19-37-99-87(96)97)76(128)109-56(26-12-15-33-88)77(129)113-63(40-52-42-100-55-25-11-10-24-53(52)55)80(132)111-57(27-13-16-34-89)78(130)114-64(41-67(93)120)81(133)112-61(85(137)138)31-32-66(92)119/h4-11,20-25,42,47-49,54,56-65,71,100,117-118H,12-19,26-41,43-46,88-91H2,1-3H3,(H2,92,119)(H2,93,120)(H,101,121)(H,102,126)(H,103,136)(H,104,122)(H,105,135)(H,106,123)(H,107,124)(H,108,125)(H,109,128)(H,110,127)(H,111,132)(H,112,133)(H,113,129)(H,114,130)(H,115,131)(H,116,134)(H,137,138)(H4,94,95,98)(H4,96,97,99)/t47-,48-,49+,54-,56-,57-,58-,59-,60-,61-,62-,63-,64-,65-,71-/m0/s1. The topological polar surface area (TPSA) is 931 Å². The Morgan fingerprint density at radius 3 is 1.22 bits per heavy atom. The van der Waals surface area contributed by atoms with Gasteiger partial charge in [0.15, 0.2) is 47.7 Å². The van der Waals surface area contributed by atoms with E-state index in [1.165, 1.54) is 20.8 Å². The summed E-state index contributed by atoms with van der Waals surface area (Å²) in [6.45, 7) is 1.06. The van der Waals surface area contributed by atoms with Crippen molar-refractivity contribution in [3.63, 3.8) is 0 Å². The van der Waals surface area contributed by atoms with Gasteiger partial charge in [-0.3, -0.25) is 21.6 Å². The lowest BCUT2D eigenvalue weighted by atomic mass is 10.0. The second kappa shape index (κ2) is 62.2. The number of para-hydroxylation sites is 1. The van der Waals surface area contributed by atoms with Crippen LogP contribution in [0.3, 0.4) is 0 Å². The summed E-state index contributed by atoms with van der Waals surface area (Å²) in [5, 5.41) is 270. The number of aliphatic imine (C=N–C) groups is 16. The highest BCUT2D eigenvalue weighted by Gasteiger charge is 2.33. The summed E-state index contributed by atoms with van der Waals surface area (Å²) in [6.07, 6.45) is -0.816. The molecular weight excluding hydrogens is 1800 g/mol. The molecule has 0 saturated carbocycles. The van der Waals surface area contributed by atoms with Crippen LogP contribution in [0.5, 0.6) is 0 Å². The number of unbranched alkanes of at least 4 members (excludes halogenated alkanes) is 3. The maximum Gasteiger partial charge on any atom is 0.328 e. The van der Waals surface area contributed by atoms with E-state index in [-0.39, 0.29) is 116 Å². The molecule has 0 fully saturated rings. The van der Waals surface area contributed by atoms with Gasteiger partial charge in [-0.15, -0.1) is 0 Å². The van der Waals surface area contributed by atoms with Crippen molar-refractivity contribution in [1.29, 1.82) is 21.6 Å². The fourth-order valence-electron chi connectivity index (χ4n) is 13.0. The van der Waals surface area contributed by atoms with Crippen molar-refractivity contribution < 1.29 is 112 Å². The molecule has 138 heavy (non-hydrogen) atoms. The fraction of sp³-hybridized carbons (Fsp3) is 0.529. The summed E-state index contributed by atoms with van der Waals surface area (Å²) in [6, 6.07) is 2.82. The first kappa shape index (κ1) is 116. The first-order valence-corrected chi connectivity index (χ1v) is 44.4. The number of nitrogens with zero attached hydrogens (tertiary/aromatic N) is 16. The molecule has 4 rings (SSSR count). The second-order valence-corrected chi connectivity index (χ2v) is 31.8. The van der Waals surface area contributed by atoms with Gasteiger partial charge >= 0.3 is 5.97 Å². The molecule has 0 saturated heterocycles. The van der Waals surface area contributed by atoms with Crippen LogP contribution in [0.2, 0.25) is 0 Å². The largest absolute Gasteiger partial charge is 0.497 e. The van der Waals surface area contributed by atoms with E-state index in [1.54, 1.807) is 72.9 Å². The second-order valence-electron chi connectivity index (χ2n) is 31.8. The highest BCUT2D eigenvalue weighted by atomic mass is 16.4. The summed E-state index contributed by atoms with van der Waals surface area (Å²) in [5.74, 6) is -17.8. The van der Waals surface area contributed by atoms with E-state index in [1.807, 2.05) is 18.2 Å². The molecule has 0 aliphatic carbocycles. The van der Waals surface area contributed by atoms with Crippen LogP contribution >= 0.6 is 0 Å². The molecule has 760 valence electrons. The van der Waals surface area contributed by atoms with E-state index < -0.39 is 260 Å². The molecular formula is C87H135N29O22. The van der Waals surface area contributed by atoms with E-state index in [0.717, 1.165) is 5.56 Å². The van der Waals surface area contributed by atoms with Crippen LogP contribution in [0.25, 0.3) is 10.9 Å². The Morgan fingerprint density at radius 1 is 0.377 bits per heavy atom. The third-order valence-electron chi connectivity index (χ3n) is 20.4. The molecule has 51 nitrogen and oxygen atoms in total.